The number of carboxylic acid groups (broad SMARTS) is 1. The van der Waals surface area contributed by atoms with Crippen LogP contribution >= 0.6 is 0 Å². The Morgan fingerprint density at radius 3 is 2.27 bits per heavy atom. The molecule has 0 unspecified atom stereocenters. The molecule has 0 fully saturated rings. The quantitative estimate of drug-likeness (QED) is 0.480. The summed E-state index contributed by atoms with van der Waals surface area (Å²) in [5.74, 6) is -1.15. The smallest absolute Gasteiger partial charge is 0.412 e. The van der Waals surface area contributed by atoms with Crippen molar-refractivity contribution in [1.29, 1.82) is 0 Å². The number of aromatic carboxylic acids is 1. The van der Waals surface area contributed by atoms with Gasteiger partial charge in [0.15, 0.2) is 11.6 Å². The van der Waals surface area contributed by atoms with E-state index >= 15 is 0 Å². The van der Waals surface area contributed by atoms with Crippen LogP contribution in [0.1, 0.15) is 33.1 Å². The van der Waals surface area contributed by atoms with E-state index in [0.29, 0.717) is 5.69 Å². The van der Waals surface area contributed by atoms with Crippen molar-refractivity contribution < 1.29 is 19.4 Å². The van der Waals surface area contributed by atoms with E-state index in [1.54, 1.807) is 19.1 Å². The number of ether oxygens (including phenoxy) is 1. The predicted molar refractivity (Wildman–Crippen MR) is 120 cm³/mol. The van der Waals surface area contributed by atoms with Gasteiger partial charge in [-0.1, -0.05) is 48.5 Å². The van der Waals surface area contributed by atoms with E-state index in [9.17, 15) is 14.7 Å². The number of benzene rings is 2. The van der Waals surface area contributed by atoms with Gasteiger partial charge in [0.05, 0.1) is 11.9 Å². The summed E-state index contributed by atoms with van der Waals surface area (Å²) in [6, 6.07) is 19.4. The highest BCUT2D eigenvalue weighted by Gasteiger charge is 2.29. The number of carbonyl (C=O) groups is 2. The minimum atomic E-state index is -1.24. The summed E-state index contributed by atoms with van der Waals surface area (Å²) in [5, 5.41) is 24.1. The lowest BCUT2D eigenvalue weighted by atomic mass is 9.98. The molecule has 2 aromatic carbocycles. The zero-order chi connectivity index (χ0) is 22.9. The number of rotatable bonds is 5. The summed E-state index contributed by atoms with van der Waals surface area (Å²) in [7, 11) is 0. The first-order valence-electron chi connectivity index (χ1n) is 10.3. The summed E-state index contributed by atoms with van der Waals surface area (Å²) >= 11 is 0. The average Bonchev–Trinajstić information content (AvgIpc) is 3.38. The maximum absolute atomic E-state index is 12.7. The second-order valence-electron chi connectivity index (χ2n) is 7.61. The molecular formula is C24H19N5O4. The van der Waals surface area contributed by atoms with Crippen LogP contribution in [0.5, 0.6) is 0 Å². The highest BCUT2D eigenvalue weighted by atomic mass is 16.5. The number of hydrogen-bond acceptors (Lipinski definition) is 6. The lowest BCUT2D eigenvalue weighted by Gasteiger charge is -2.15. The lowest BCUT2D eigenvalue weighted by molar-refractivity contribution is 0.0698. The highest BCUT2D eigenvalue weighted by molar-refractivity contribution is 5.97. The van der Waals surface area contributed by atoms with E-state index in [-0.39, 0.29) is 29.7 Å². The molecule has 0 bridgehead atoms. The number of aryl methyl sites for hydroxylation is 1. The molecule has 0 atom stereocenters. The number of carbonyl (C=O) groups excluding carboxylic acids is 1. The van der Waals surface area contributed by atoms with Gasteiger partial charge in [0.1, 0.15) is 12.2 Å². The fourth-order valence-electron chi connectivity index (χ4n) is 4.03. The van der Waals surface area contributed by atoms with E-state index in [1.165, 1.54) is 4.68 Å². The molecule has 0 aliphatic heterocycles. The predicted octanol–water partition coefficient (Wildman–Crippen LogP) is 4.03. The molecule has 1 aliphatic rings. The van der Waals surface area contributed by atoms with E-state index in [0.717, 1.165) is 28.5 Å². The van der Waals surface area contributed by atoms with Crippen molar-refractivity contribution >= 4 is 17.9 Å². The molecule has 5 rings (SSSR count). The van der Waals surface area contributed by atoms with Gasteiger partial charge in [-0.15, -0.1) is 5.10 Å². The number of aromatic nitrogens is 4. The molecule has 1 aliphatic carbocycles. The monoisotopic (exact) mass is 441 g/mol. The topological polar surface area (TPSA) is 119 Å². The minimum Gasteiger partial charge on any atom is -0.477 e. The molecule has 2 N–H and O–H groups in total. The fourth-order valence-corrected chi connectivity index (χ4v) is 4.03. The van der Waals surface area contributed by atoms with Crippen LogP contribution < -0.4 is 5.32 Å². The van der Waals surface area contributed by atoms with Crippen LogP contribution in [0.2, 0.25) is 0 Å². The normalized spacial score (nSPS) is 12.2. The maximum atomic E-state index is 12.7. The number of amides is 1. The van der Waals surface area contributed by atoms with Crippen molar-refractivity contribution in [2.24, 2.45) is 0 Å². The summed E-state index contributed by atoms with van der Waals surface area (Å²) in [6.07, 6.45) is 0.351. The molecule has 4 aromatic rings. The van der Waals surface area contributed by atoms with E-state index in [1.807, 2.05) is 36.4 Å². The van der Waals surface area contributed by atoms with Crippen molar-refractivity contribution in [1.82, 2.24) is 20.0 Å². The zero-order valence-electron chi connectivity index (χ0n) is 17.6. The molecule has 0 saturated heterocycles. The van der Waals surface area contributed by atoms with Gasteiger partial charge in [0.25, 0.3) is 0 Å². The second kappa shape index (κ2) is 8.19. The van der Waals surface area contributed by atoms with Gasteiger partial charge in [0.2, 0.25) is 0 Å². The molecular weight excluding hydrogens is 422 g/mol. The number of fused-ring (bicyclic) bond motifs is 3. The first-order valence-corrected chi connectivity index (χ1v) is 10.3. The fraction of sp³-hybridized carbons (Fsp3) is 0.125. The minimum absolute atomic E-state index is 0.0575. The molecule has 2 heterocycles. The number of anilines is 1. The van der Waals surface area contributed by atoms with Crippen molar-refractivity contribution in [3.8, 4) is 16.9 Å². The first-order chi connectivity index (χ1) is 16.0. The van der Waals surface area contributed by atoms with Crippen LogP contribution in [0.15, 0.2) is 66.9 Å². The van der Waals surface area contributed by atoms with Crippen LogP contribution in [0.4, 0.5) is 10.6 Å². The molecule has 0 saturated carbocycles. The molecule has 9 nitrogen and oxygen atoms in total. The molecule has 2 aromatic heterocycles. The van der Waals surface area contributed by atoms with Crippen molar-refractivity contribution in [2.75, 3.05) is 11.9 Å². The number of nitrogens with zero attached hydrogens (tertiary/aromatic N) is 4. The van der Waals surface area contributed by atoms with E-state index < -0.39 is 12.1 Å². The Bertz CT molecular complexity index is 1320. The zero-order valence-corrected chi connectivity index (χ0v) is 17.6. The van der Waals surface area contributed by atoms with Crippen LogP contribution in [0.25, 0.3) is 16.9 Å². The summed E-state index contributed by atoms with van der Waals surface area (Å²) in [5.41, 5.74) is 4.90. The SMILES string of the molecule is Cc1ccc(-n2ncc(C(=O)O)c2NC(=O)OCC2c3ccccc3-c3ccccc32)nn1. The summed E-state index contributed by atoms with van der Waals surface area (Å²) in [6.45, 7) is 1.87. The third-order valence-corrected chi connectivity index (χ3v) is 5.56. The number of carboxylic acids is 1. The van der Waals surface area contributed by atoms with Crippen LogP contribution in [0, 0.1) is 6.92 Å². The Balaban J connectivity index is 1.38. The van der Waals surface area contributed by atoms with Gasteiger partial charge >= 0.3 is 12.1 Å². The average molecular weight is 441 g/mol. The van der Waals surface area contributed by atoms with E-state index in [2.05, 4.69) is 32.7 Å². The standard InChI is InChI=1S/C24H19N5O4/c1-14-10-11-21(28-27-14)29-22(19(12-25-29)23(30)31)26-24(32)33-13-20-17-8-4-2-6-15(17)16-7-3-5-9-18(16)20/h2-12,20H,13H2,1H3,(H,26,32)(H,30,31). The van der Waals surface area contributed by atoms with Gasteiger partial charge in [-0.05, 0) is 41.3 Å². The Labute approximate surface area is 188 Å². The molecule has 1 amide bonds. The van der Waals surface area contributed by atoms with Gasteiger partial charge < -0.3 is 9.84 Å². The van der Waals surface area contributed by atoms with Gasteiger partial charge in [0, 0.05) is 5.92 Å². The van der Waals surface area contributed by atoms with Crippen molar-refractivity contribution in [2.45, 2.75) is 12.8 Å². The number of hydrogen-bond donors (Lipinski definition) is 2. The highest BCUT2D eigenvalue weighted by Crippen LogP contribution is 2.44. The lowest BCUT2D eigenvalue weighted by Crippen LogP contribution is -2.21. The molecule has 33 heavy (non-hydrogen) atoms. The maximum Gasteiger partial charge on any atom is 0.412 e. The molecule has 0 radical (unpaired) electrons. The Kier molecular flexibility index (Phi) is 5.06. The van der Waals surface area contributed by atoms with Crippen LogP contribution in [-0.2, 0) is 4.74 Å². The molecule has 9 heteroatoms. The van der Waals surface area contributed by atoms with Gasteiger partial charge in [-0.2, -0.15) is 14.9 Å². The van der Waals surface area contributed by atoms with Crippen molar-refractivity contribution in [3.63, 3.8) is 0 Å². The van der Waals surface area contributed by atoms with Crippen molar-refractivity contribution in [3.05, 3.63) is 89.2 Å². The Morgan fingerprint density at radius 1 is 1.00 bits per heavy atom. The Morgan fingerprint density at radius 2 is 1.67 bits per heavy atom. The first kappa shape index (κ1) is 20.4. The van der Waals surface area contributed by atoms with E-state index in [4.69, 9.17) is 4.74 Å². The molecule has 164 valence electrons. The van der Waals surface area contributed by atoms with Gasteiger partial charge in [-0.25, -0.2) is 9.59 Å². The third kappa shape index (κ3) is 3.69. The third-order valence-electron chi connectivity index (χ3n) is 5.56. The Hall–Kier alpha value is -4.53. The summed E-state index contributed by atoms with van der Waals surface area (Å²) in [4.78, 5) is 24.4. The second-order valence-corrected chi connectivity index (χ2v) is 7.61. The van der Waals surface area contributed by atoms with Crippen LogP contribution in [-0.4, -0.2) is 43.8 Å². The number of nitrogens with one attached hydrogen (secondary N) is 1. The van der Waals surface area contributed by atoms with Crippen LogP contribution in [0.3, 0.4) is 0 Å². The van der Waals surface area contributed by atoms with Gasteiger partial charge in [-0.3, -0.25) is 5.32 Å². The summed E-state index contributed by atoms with van der Waals surface area (Å²) < 4.78 is 6.74. The molecule has 0 spiro atoms. The largest absolute Gasteiger partial charge is 0.477 e.